The van der Waals surface area contributed by atoms with Crippen LogP contribution in [0.4, 0.5) is 14.6 Å². The highest BCUT2D eigenvalue weighted by Crippen LogP contribution is 2.28. The summed E-state index contributed by atoms with van der Waals surface area (Å²) >= 11 is 1.06. The summed E-state index contributed by atoms with van der Waals surface area (Å²) in [5.41, 5.74) is 0. The molecule has 2 heterocycles. The van der Waals surface area contributed by atoms with Crippen LogP contribution in [0.1, 0.15) is 6.92 Å². The Labute approximate surface area is 108 Å². The number of aromatic nitrogens is 2. The third kappa shape index (κ3) is 2.95. The maximum absolute atomic E-state index is 13.6. The minimum Gasteiger partial charge on any atom is -0.368 e. The SMILES string of the molecule is CCNc1nc(Sc2ccccn2)c(F)cc1F. The van der Waals surface area contributed by atoms with Crippen LogP contribution >= 0.6 is 11.8 Å². The fourth-order valence-electron chi connectivity index (χ4n) is 1.32. The summed E-state index contributed by atoms with van der Waals surface area (Å²) in [5, 5.41) is 3.45. The number of nitrogens with one attached hydrogen (secondary N) is 1. The van der Waals surface area contributed by atoms with E-state index in [0.29, 0.717) is 11.6 Å². The Balaban J connectivity index is 2.30. The van der Waals surface area contributed by atoms with Crippen LogP contribution in [0.2, 0.25) is 0 Å². The third-order valence-corrected chi connectivity index (χ3v) is 3.01. The first-order valence-electron chi connectivity index (χ1n) is 5.39. The number of hydrogen-bond donors (Lipinski definition) is 1. The van der Waals surface area contributed by atoms with Crippen molar-refractivity contribution in [1.29, 1.82) is 0 Å². The van der Waals surface area contributed by atoms with Crippen LogP contribution in [0.25, 0.3) is 0 Å². The molecule has 0 saturated heterocycles. The first-order valence-corrected chi connectivity index (χ1v) is 6.21. The predicted octanol–water partition coefficient (Wildman–Crippen LogP) is 3.34. The van der Waals surface area contributed by atoms with Crippen molar-refractivity contribution in [2.45, 2.75) is 17.0 Å². The maximum atomic E-state index is 13.6. The number of anilines is 1. The van der Waals surface area contributed by atoms with E-state index in [4.69, 9.17) is 0 Å². The molecular formula is C12H11F2N3S. The van der Waals surface area contributed by atoms with Gasteiger partial charge in [0.2, 0.25) is 0 Å². The molecule has 3 nitrogen and oxygen atoms in total. The third-order valence-electron chi connectivity index (χ3n) is 2.08. The molecule has 0 saturated carbocycles. The largest absolute Gasteiger partial charge is 0.368 e. The van der Waals surface area contributed by atoms with E-state index < -0.39 is 11.6 Å². The Hall–Kier alpha value is -1.69. The molecule has 0 aromatic carbocycles. The molecule has 0 fully saturated rings. The van der Waals surface area contributed by atoms with E-state index in [9.17, 15) is 8.78 Å². The van der Waals surface area contributed by atoms with Gasteiger partial charge in [-0.3, -0.25) is 0 Å². The Kier molecular flexibility index (Phi) is 4.09. The minimum absolute atomic E-state index is 0.0531. The van der Waals surface area contributed by atoms with Gasteiger partial charge < -0.3 is 5.32 Å². The standard InChI is InChI=1S/C12H11F2N3S/c1-2-15-11-8(13)7-9(14)12(17-11)18-10-5-3-4-6-16-10/h3-7H,2H2,1H3,(H,15,17). The van der Waals surface area contributed by atoms with Gasteiger partial charge >= 0.3 is 0 Å². The Morgan fingerprint density at radius 3 is 2.78 bits per heavy atom. The van der Waals surface area contributed by atoms with Crippen molar-refractivity contribution < 1.29 is 8.78 Å². The van der Waals surface area contributed by atoms with Crippen molar-refractivity contribution in [1.82, 2.24) is 9.97 Å². The molecule has 0 radical (unpaired) electrons. The Morgan fingerprint density at radius 2 is 2.11 bits per heavy atom. The molecule has 0 spiro atoms. The molecule has 2 aromatic heterocycles. The van der Waals surface area contributed by atoms with Crippen molar-refractivity contribution >= 4 is 17.6 Å². The first kappa shape index (κ1) is 12.8. The molecule has 6 heteroatoms. The fourth-order valence-corrected chi connectivity index (χ4v) is 2.07. The quantitative estimate of drug-likeness (QED) is 0.922. The van der Waals surface area contributed by atoms with Crippen molar-refractivity contribution in [3.05, 3.63) is 42.1 Å². The van der Waals surface area contributed by atoms with Crippen molar-refractivity contribution in [2.24, 2.45) is 0 Å². The predicted molar refractivity (Wildman–Crippen MR) is 66.7 cm³/mol. The van der Waals surface area contributed by atoms with Crippen molar-refractivity contribution in [3.8, 4) is 0 Å². The lowest BCUT2D eigenvalue weighted by Gasteiger charge is -2.07. The molecule has 0 bridgehead atoms. The highest BCUT2D eigenvalue weighted by atomic mass is 32.2. The van der Waals surface area contributed by atoms with E-state index in [1.54, 1.807) is 24.4 Å². The summed E-state index contributed by atoms with van der Waals surface area (Å²) in [5.74, 6) is -1.33. The molecule has 0 aliphatic heterocycles. The molecule has 2 aromatic rings. The topological polar surface area (TPSA) is 37.8 Å². The first-order chi connectivity index (χ1) is 8.70. The Morgan fingerprint density at radius 1 is 1.28 bits per heavy atom. The van der Waals surface area contributed by atoms with Gasteiger partial charge in [-0.1, -0.05) is 6.07 Å². The van der Waals surface area contributed by atoms with Crippen LogP contribution in [-0.4, -0.2) is 16.5 Å². The normalized spacial score (nSPS) is 10.4. The van der Waals surface area contributed by atoms with Crippen LogP contribution < -0.4 is 5.32 Å². The zero-order valence-electron chi connectivity index (χ0n) is 9.65. The lowest BCUT2D eigenvalue weighted by atomic mass is 10.4. The lowest BCUT2D eigenvalue weighted by molar-refractivity contribution is 0.551. The molecule has 94 valence electrons. The van der Waals surface area contributed by atoms with Gasteiger partial charge in [-0.15, -0.1) is 0 Å². The summed E-state index contributed by atoms with van der Waals surface area (Å²) in [6.45, 7) is 2.33. The number of pyridine rings is 2. The molecule has 18 heavy (non-hydrogen) atoms. The average molecular weight is 267 g/mol. The smallest absolute Gasteiger partial charge is 0.168 e. The van der Waals surface area contributed by atoms with Crippen LogP contribution in [0.5, 0.6) is 0 Å². The van der Waals surface area contributed by atoms with Gasteiger partial charge in [0.05, 0.1) is 0 Å². The zero-order valence-corrected chi connectivity index (χ0v) is 10.5. The highest BCUT2D eigenvalue weighted by Gasteiger charge is 2.12. The van der Waals surface area contributed by atoms with Gasteiger partial charge in [-0.2, -0.15) is 0 Å². The highest BCUT2D eigenvalue weighted by molar-refractivity contribution is 7.99. The minimum atomic E-state index is -0.695. The molecule has 1 N–H and O–H groups in total. The van der Waals surface area contributed by atoms with E-state index in [-0.39, 0.29) is 10.8 Å². The number of hydrogen-bond acceptors (Lipinski definition) is 4. The monoisotopic (exact) mass is 267 g/mol. The fraction of sp³-hybridized carbons (Fsp3) is 0.167. The van der Waals surface area contributed by atoms with E-state index in [1.807, 2.05) is 6.92 Å². The summed E-state index contributed by atoms with van der Waals surface area (Å²) in [6, 6.07) is 6.13. The average Bonchev–Trinajstić information content (AvgIpc) is 2.37. The van der Waals surface area contributed by atoms with E-state index in [1.165, 1.54) is 0 Å². The summed E-state index contributed by atoms with van der Waals surface area (Å²) in [4.78, 5) is 7.97. The molecule has 2 rings (SSSR count). The van der Waals surface area contributed by atoms with Gasteiger partial charge in [-0.25, -0.2) is 18.7 Å². The van der Waals surface area contributed by atoms with E-state index in [0.717, 1.165) is 17.8 Å². The van der Waals surface area contributed by atoms with Gasteiger partial charge in [-0.05, 0) is 30.8 Å². The summed E-state index contributed by atoms with van der Waals surface area (Å²) in [7, 11) is 0. The van der Waals surface area contributed by atoms with Gasteiger partial charge in [0.15, 0.2) is 17.5 Å². The van der Waals surface area contributed by atoms with E-state index in [2.05, 4.69) is 15.3 Å². The van der Waals surface area contributed by atoms with Gasteiger partial charge in [0.25, 0.3) is 0 Å². The summed E-state index contributed by atoms with van der Waals surface area (Å²) in [6.07, 6.45) is 1.61. The second-order valence-electron chi connectivity index (χ2n) is 3.41. The number of rotatable bonds is 4. The molecule has 0 unspecified atom stereocenters. The van der Waals surface area contributed by atoms with Crippen LogP contribution in [-0.2, 0) is 0 Å². The second kappa shape index (κ2) is 5.77. The molecule has 0 amide bonds. The summed E-state index contributed by atoms with van der Waals surface area (Å²) < 4.78 is 26.9. The molecular weight excluding hydrogens is 256 g/mol. The van der Waals surface area contributed by atoms with Crippen molar-refractivity contribution in [2.75, 3.05) is 11.9 Å². The van der Waals surface area contributed by atoms with E-state index >= 15 is 0 Å². The van der Waals surface area contributed by atoms with Crippen LogP contribution in [0.15, 0.2) is 40.5 Å². The zero-order chi connectivity index (χ0) is 13.0. The molecule has 0 aliphatic carbocycles. The Bertz CT molecular complexity index is 534. The van der Waals surface area contributed by atoms with Crippen LogP contribution in [0.3, 0.4) is 0 Å². The van der Waals surface area contributed by atoms with Gasteiger partial charge in [0.1, 0.15) is 10.1 Å². The molecule has 0 aliphatic rings. The second-order valence-corrected chi connectivity index (χ2v) is 4.42. The molecule has 0 atom stereocenters. The number of halogens is 2. The van der Waals surface area contributed by atoms with Gasteiger partial charge in [0, 0.05) is 18.8 Å². The lowest BCUT2D eigenvalue weighted by Crippen LogP contribution is -2.04. The maximum Gasteiger partial charge on any atom is 0.168 e. The van der Waals surface area contributed by atoms with Crippen LogP contribution in [0, 0.1) is 11.6 Å². The number of nitrogens with zero attached hydrogens (tertiary/aromatic N) is 2. The van der Waals surface area contributed by atoms with Crippen molar-refractivity contribution in [3.63, 3.8) is 0 Å².